The summed E-state index contributed by atoms with van der Waals surface area (Å²) in [6.45, 7) is 12.9. The minimum atomic E-state index is 0.0976. The van der Waals surface area contributed by atoms with Gasteiger partial charge in [-0.1, -0.05) is 39.0 Å². The molecule has 0 fully saturated rings. The summed E-state index contributed by atoms with van der Waals surface area (Å²) < 4.78 is 0. The molecular weight excluding hydrogens is 210 g/mol. The number of amides is 1. The second-order valence-corrected chi connectivity index (χ2v) is 5.91. The molecule has 0 aliphatic carbocycles. The Bertz CT molecular complexity index is 395. The highest BCUT2D eigenvalue weighted by molar-refractivity contribution is 5.93. The van der Waals surface area contributed by atoms with Gasteiger partial charge < -0.3 is 4.90 Å². The minimum Gasteiger partial charge on any atom is -0.312 e. The Morgan fingerprint density at radius 2 is 1.65 bits per heavy atom. The van der Waals surface area contributed by atoms with E-state index < -0.39 is 0 Å². The van der Waals surface area contributed by atoms with Crippen LogP contribution >= 0.6 is 0 Å². The normalized spacial score (nSPS) is 11.4. The van der Waals surface area contributed by atoms with Crippen LogP contribution in [0.2, 0.25) is 0 Å². The number of hydrogen-bond acceptors (Lipinski definition) is 1. The first-order chi connectivity index (χ1) is 7.72. The third-order valence-electron chi connectivity index (χ3n) is 2.72. The van der Waals surface area contributed by atoms with Crippen molar-refractivity contribution in [3.63, 3.8) is 0 Å². The van der Waals surface area contributed by atoms with E-state index in [1.807, 2.05) is 11.0 Å². The number of nitrogens with zero attached hydrogens (tertiary/aromatic N) is 1. The van der Waals surface area contributed by atoms with E-state index in [1.54, 1.807) is 6.92 Å². The van der Waals surface area contributed by atoms with Gasteiger partial charge in [0.15, 0.2) is 0 Å². The van der Waals surface area contributed by atoms with Crippen LogP contribution in [0.3, 0.4) is 0 Å². The molecule has 0 spiro atoms. The molecule has 0 saturated carbocycles. The van der Waals surface area contributed by atoms with Gasteiger partial charge in [-0.2, -0.15) is 0 Å². The van der Waals surface area contributed by atoms with E-state index in [0.717, 1.165) is 23.4 Å². The lowest BCUT2D eigenvalue weighted by molar-refractivity contribution is -0.116. The van der Waals surface area contributed by atoms with Gasteiger partial charge in [0, 0.05) is 19.2 Å². The standard InChI is InChI=1S/C15H23NO/c1-11-8-7-9-12(2)14(11)16(13(3)17)10-15(4,5)6/h7-9H,10H2,1-6H3. The van der Waals surface area contributed by atoms with Crippen molar-refractivity contribution in [2.24, 2.45) is 5.41 Å². The molecule has 0 unspecified atom stereocenters. The van der Waals surface area contributed by atoms with Crippen molar-refractivity contribution in [2.45, 2.75) is 41.5 Å². The molecule has 0 aliphatic rings. The summed E-state index contributed by atoms with van der Waals surface area (Å²) >= 11 is 0. The number of carbonyl (C=O) groups is 1. The summed E-state index contributed by atoms with van der Waals surface area (Å²) in [5.74, 6) is 0.109. The number of benzene rings is 1. The molecule has 0 N–H and O–H groups in total. The smallest absolute Gasteiger partial charge is 0.223 e. The lowest BCUT2D eigenvalue weighted by Gasteiger charge is -2.31. The number of hydrogen-bond donors (Lipinski definition) is 0. The van der Waals surface area contributed by atoms with Crippen molar-refractivity contribution >= 4 is 11.6 Å². The van der Waals surface area contributed by atoms with Crippen LogP contribution in [0.25, 0.3) is 0 Å². The Morgan fingerprint density at radius 1 is 1.18 bits per heavy atom. The van der Waals surface area contributed by atoms with Crippen LogP contribution in [0.1, 0.15) is 38.8 Å². The largest absolute Gasteiger partial charge is 0.312 e. The Labute approximate surface area is 105 Å². The molecule has 0 bridgehead atoms. The molecule has 0 heterocycles. The van der Waals surface area contributed by atoms with Crippen molar-refractivity contribution in [3.05, 3.63) is 29.3 Å². The molecule has 0 atom stereocenters. The van der Waals surface area contributed by atoms with Gasteiger partial charge in [-0.25, -0.2) is 0 Å². The van der Waals surface area contributed by atoms with E-state index in [-0.39, 0.29) is 11.3 Å². The Hall–Kier alpha value is -1.31. The molecule has 1 aromatic rings. The highest BCUT2D eigenvalue weighted by Gasteiger charge is 2.22. The molecule has 0 aliphatic heterocycles. The molecule has 0 aromatic heterocycles. The van der Waals surface area contributed by atoms with Gasteiger partial charge in [-0.15, -0.1) is 0 Å². The van der Waals surface area contributed by atoms with E-state index >= 15 is 0 Å². The second kappa shape index (κ2) is 4.91. The molecule has 17 heavy (non-hydrogen) atoms. The van der Waals surface area contributed by atoms with Gasteiger partial charge in [0.25, 0.3) is 0 Å². The van der Waals surface area contributed by atoms with Gasteiger partial charge in [-0.3, -0.25) is 4.79 Å². The molecule has 2 nitrogen and oxygen atoms in total. The predicted molar refractivity (Wildman–Crippen MR) is 73.4 cm³/mol. The molecule has 1 amide bonds. The summed E-state index contributed by atoms with van der Waals surface area (Å²) in [6, 6.07) is 6.14. The fourth-order valence-corrected chi connectivity index (χ4v) is 2.05. The van der Waals surface area contributed by atoms with E-state index in [4.69, 9.17) is 0 Å². The number of carbonyl (C=O) groups excluding carboxylic acids is 1. The van der Waals surface area contributed by atoms with E-state index in [1.165, 1.54) is 0 Å². The summed E-state index contributed by atoms with van der Waals surface area (Å²) in [6.07, 6.45) is 0. The monoisotopic (exact) mass is 233 g/mol. The number of anilines is 1. The summed E-state index contributed by atoms with van der Waals surface area (Å²) in [4.78, 5) is 13.7. The summed E-state index contributed by atoms with van der Waals surface area (Å²) in [5.41, 5.74) is 3.48. The van der Waals surface area contributed by atoms with E-state index in [2.05, 4.69) is 46.8 Å². The maximum absolute atomic E-state index is 11.9. The van der Waals surface area contributed by atoms with Crippen molar-refractivity contribution in [2.75, 3.05) is 11.4 Å². The highest BCUT2D eigenvalue weighted by atomic mass is 16.2. The topological polar surface area (TPSA) is 20.3 Å². The predicted octanol–water partition coefficient (Wildman–Crippen LogP) is 3.70. The van der Waals surface area contributed by atoms with Crippen LogP contribution in [0.15, 0.2) is 18.2 Å². The number of aryl methyl sites for hydroxylation is 2. The molecular formula is C15H23NO. The second-order valence-electron chi connectivity index (χ2n) is 5.91. The van der Waals surface area contributed by atoms with Gasteiger partial charge in [0.1, 0.15) is 0 Å². The molecule has 1 rings (SSSR count). The van der Waals surface area contributed by atoms with Crippen molar-refractivity contribution < 1.29 is 4.79 Å². The van der Waals surface area contributed by atoms with Crippen LogP contribution in [0.5, 0.6) is 0 Å². The van der Waals surface area contributed by atoms with Crippen LogP contribution in [-0.4, -0.2) is 12.5 Å². The first kappa shape index (κ1) is 13.8. The quantitative estimate of drug-likeness (QED) is 0.762. The zero-order chi connectivity index (χ0) is 13.2. The number of rotatable bonds is 2. The Morgan fingerprint density at radius 3 is 2.00 bits per heavy atom. The van der Waals surface area contributed by atoms with Crippen LogP contribution in [0.4, 0.5) is 5.69 Å². The minimum absolute atomic E-state index is 0.0976. The van der Waals surface area contributed by atoms with Gasteiger partial charge in [0.2, 0.25) is 5.91 Å². The van der Waals surface area contributed by atoms with Crippen LogP contribution in [0, 0.1) is 19.3 Å². The summed E-state index contributed by atoms with van der Waals surface area (Å²) in [7, 11) is 0. The van der Waals surface area contributed by atoms with Gasteiger partial charge in [0.05, 0.1) is 0 Å². The van der Waals surface area contributed by atoms with Crippen molar-refractivity contribution in [3.8, 4) is 0 Å². The lowest BCUT2D eigenvalue weighted by atomic mass is 9.95. The van der Waals surface area contributed by atoms with Gasteiger partial charge in [-0.05, 0) is 30.4 Å². The zero-order valence-corrected chi connectivity index (χ0v) is 11.8. The Balaban J connectivity index is 3.19. The lowest BCUT2D eigenvalue weighted by Crippen LogP contribution is -2.37. The molecule has 1 aromatic carbocycles. The molecule has 0 radical (unpaired) electrons. The van der Waals surface area contributed by atoms with Gasteiger partial charge >= 0.3 is 0 Å². The third kappa shape index (κ3) is 3.58. The molecule has 2 heteroatoms. The molecule has 94 valence electrons. The van der Waals surface area contributed by atoms with E-state index in [9.17, 15) is 4.79 Å². The first-order valence-corrected chi connectivity index (χ1v) is 6.07. The maximum Gasteiger partial charge on any atom is 0.223 e. The fraction of sp³-hybridized carbons (Fsp3) is 0.533. The highest BCUT2D eigenvalue weighted by Crippen LogP contribution is 2.28. The Kier molecular flexibility index (Phi) is 3.97. The van der Waals surface area contributed by atoms with Crippen LogP contribution < -0.4 is 4.90 Å². The van der Waals surface area contributed by atoms with Crippen molar-refractivity contribution in [1.82, 2.24) is 0 Å². The number of para-hydroxylation sites is 1. The molecule has 0 saturated heterocycles. The van der Waals surface area contributed by atoms with Crippen molar-refractivity contribution in [1.29, 1.82) is 0 Å². The average molecular weight is 233 g/mol. The SMILES string of the molecule is CC(=O)N(CC(C)(C)C)c1c(C)cccc1C. The van der Waals surface area contributed by atoms with E-state index in [0.29, 0.717) is 0 Å². The zero-order valence-electron chi connectivity index (χ0n) is 11.8. The average Bonchev–Trinajstić information content (AvgIpc) is 2.13. The van der Waals surface area contributed by atoms with Crippen LogP contribution in [-0.2, 0) is 4.79 Å². The first-order valence-electron chi connectivity index (χ1n) is 6.07. The fourth-order valence-electron chi connectivity index (χ4n) is 2.05. The maximum atomic E-state index is 11.9. The third-order valence-corrected chi connectivity index (χ3v) is 2.72. The summed E-state index contributed by atoms with van der Waals surface area (Å²) in [5, 5.41) is 0.